The molecule has 2 N–H and O–H groups in total. The molecular weight excluding hydrogens is 528 g/mol. The summed E-state index contributed by atoms with van der Waals surface area (Å²) in [5.74, 6) is -0.602. The van der Waals surface area contributed by atoms with Gasteiger partial charge in [0.15, 0.2) is 11.6 Å². The first-order valence-electron chi connectivity index (χ1n) is 9.79. The summed E-state index contributed by atoms with van der Waals surface area (Å²) >= 11 is 12.9. The number of ketones is 1. The molecule has 3 aromatic heterocycles. The first-order valence-corrected chi connectivity index (χ1v) is 11.4. The summed E-state index contributed by atoms with van der Waals surface area (Å²) in [6.45, 7) is 0. The van der Waals surface area contributed by atoms with Crippen molar-refractivity contribution in [2.24, 2.45) is 0 Å². The zero-order valence-electron chi connectivity index (χ0n) is 17.4. The molecule has 0 fully saturated rings. The number of benzene rings is 1. The van der Waals surface area contributed by atoms with Crippen molar-refractivity contribution in [3.05, 3.63) is 74.3 Å². The number of thiazole rings is 1. The van der Waals surface area contributed by atoms with Crippen molar-refractivity contribution < 1.29 is 22.8 Å². The molecular formula is C21H13Cl2F3N6O2S. The summed E-state index contributed by atoms with van der Waals surface area (Å²) in [5, 5.41) is 2.46. The van der Waals surface area contributed by atoms with E-state index in [9.17, 15) is 22.8 Å². The number of Topliss-reactive ketones (excluding diaryl/α,β-unsaturated/α-hetero) is 1. The van der Waals surface area contributed by atoms with Gasteiger partial charge < -0.3 is 10.3 Å². The van der Waals surface area contributed by atoms with Crippen LogP contribution in [0.25, 0.3) is 11.5 Å². The van der Waals surface area contributed by atoms with E-state index in [-0.39, 0.29) is 39.9 Å². The lowest BCUT2D eigenvalue weighted by atomic mass is 10.1. The smallest absolute Gasteiger partial charge is 0.343 e. The fraction of sp³-hybridized carbons (Fsp3) is 0.143. The molecule has 180 valence electrons. The third-order valence-corrected chi connectivity index (χ3v) is 6.39. The van der Waals surface area contributed by atoms with Gasteiger partial charge in [-0.2, -0.15) is 13.2 Å². The van der Waals surface area contributed by atoms with Crippen molar-refractivity contribution in [2.75, 3.05) is 5.32 Å². The number of aromatic nitrogens is 5. The third kappa shape index (κ3) is 5.66. The number of H-pyrrole nitrogens is 1. The van der Waals surface area contributed by atoms with Crippen molar-refractivity contribution in [3.8, 4) is 11.5 Å². The maximum absolute atomic E-state index is 13.0. The lowest BCUT2D eigenvalue weighted by Gasteiger charge is -2.11. The van der Waals surface area contributed by atoms with Crippen LogP contribution in [0, 0.1) is 0 Å². The highest BCUT2D eigenvalue weighted by molar-refractivity contribution is 7.13. The summed E-state index contributed by atoms with van der Waals surface area (Å²) in [6.07, 6.45) is 1.16. The molecule has 0 aliphatic rings. The number of halogens is 5. The normalized spacial score (nSPS) is 11.5. The number of carbonyl (C=O) groups excluding carboxylic acids is 2. The predicted octanol–water partition coefficient (Wildman–Crippen LogP) is 5.72. The van der Waals surface area contributed by atoms with E-state index in [1.807, 2.05) is 0 Å². The number of nitrogens with one attached hydrogen (secondary N) is 2. The number of imidazole rings is 1. The van der Waals surface area contributed by atoms with Crippen molar-refractivity contribution in [1.29, 1.82) is 0 Å². The Morgan fingerprint density at radius 3 is 2.63 bits per heavy atom. The van der Waals surface area contributed by atoms with Crippen LogP contribution in [0.5, 0.6) is 0 Å². The van der Waals surface area contributed by atoms with Gasteiger partial charge in [-0.25, -0.2) is 19.9 Å². The third-order valence-electron chi connectivity index (χ3n) is 4.65. The number of nitrogens with zero attached hydrogens (tertiary/aromatic N) is 4. The average molecular weight is 541 g/mol. The van der Waals surface area contributed by atoms with Gasteiger partial charge in [0.1, 0.15) is 22.6 Å². The second-order valence-corrected chi connectivity index (χ2v) is 8.91. The van der Waals surface area contributed by atoms with E-state index >= 15 is 0 Å². The molecule has 4 aromatic rings. The largest absolute Gasteiger partial charge is 0.417 e. The Balaban J connectivity index is 1.41. The van der Waals surface area contributed by atoms with Crippen LogP contribution in [-0.4, -0.2) is 36.6 Å². The molecule has 0 unspecified atom stereocenters. The molecule has 0 atom stereocenters. The molecule has 35 heavy (non-hydrogen) atoms. The fourth-order valence-corrected chi connectivity index (χ4v) is 4.34. The van der Waals surface area contributed by atoms with Crippen LogP contribution in [0.15, 0.2) is 43.1 Å². The summed E-state index contributed by atoms with van der Waals surface area (Å²) in [5.41, 5.74) is -0.799. The lowest BCUT2D eigenvalue weighted by Crippen LogP contribution is -2.12. The number of aromatic amines is 1. The molecule has 0 saturated carbocycles. The van der Waals surface area contributed by atoms with Gasteiger partial charge in [-0.1, -0.05) is 23.2 Å². The van der Waals surface area contributed by atoms with Crippen LogP contribution < -0.4 is 5.32 Å². The number of alkyl halides is 3. The zero-order valence-corrected chi connectivity index (χ0v) is 19.7. The van der Waals surface area contributed by atoms with E-state index in [0.29, 0.717) is 16.5 Å². The minimum Gasteiger partial charge on any atom is -0.343 e. The zero-order chi connectivity index (χ0) is 25.2. The molecule has 3 heterocycles. The Hall–Kier alpha value is -3.35. The monoisotopic (exact) mass is 540 g/mol. The first-order chi connectivity index (χ1) is 16.6. The predicted molar refractivity (Wildman–Crippen MR) is 124 cm³/mol. The van der Waals surface area contributed by atoms with Crippen molar-refractivity contribution >= 4 is 51.9 Å². The van der Waals surface area contributed by atoms with Gasteiger partial charge in [0.05, 0.1) is 26.8 Å². The van der Waals surface area contributed by atoms with Gasteiger partial charge in [0, 0.05) is 30.9 Å². The van der Waals surface area contributed by atoms with Crippen LogP contribution in [0.3, 0.4) is 0 Å². The van der Waals surface area contributed by atoms with E-state index in [2.05, 4.69) is 30.2 Å². The molecule has 0 aliphatic carbocycles. The topological polar surface area (TPSA) is 114 Å². The van der Waals surface area contributed by atoms with Gasteiger partial charge in [-0.3, -0.25) is 9.59 Å². The number of anilines is 1. The Morgan fingerprint density at radius 2 is 1.91 bits per heavy atom. The molecule has 0 radical (unpaired) electrons. The quantitative estimate of drug-likeness (QED) is 0.290. The lowest BCUT2D eigenvalue weighted by molar-refractivity contribution is -0.137. The average Bonchev–Trinajstić information content (AvgIpc) is 3.51. The molecule has 1 amide bonds. The molecule has 0 aliphatic heterocycles. The van der Waals surface area contributed by atoms with Gasteiger partial charge >= 0.3 is 6.18 Å². The highest BCUT2D eigenvalue weighted by atomic mass is 35.5. The Labute approximate surface area is 209 Å². The minimum atomic E-state index is -4.66. The minimum absolute atomic E-state index is 0.00896. The standard InChI is InChI=1S/C21H13Cl2F3N6O2S/c22-12-2-1-10(7-11(12)21(24,25)26)32-20(34)14-8-29-15(35-14)4-3-13(33)17-16(23)18(31-9-30-17)19-27-5-6-28-19/h1-2,5-9H,3-4H2,(H,27,28)(H,32,34). The summed E-state index contributed by atoms with van der Waals surface area (Å²) < 4.78 is 39.1. The van der Waals surface area contributed by atoms with E-state index in [1.165, 1.54) is 24.8 Å². The molecule has 0 spiro atoms. The van der Waals surface area contributed by atoms with Gasteiger partial charge in [-0.05, 0) is 18.2 Å². The summed E-state index contributed by atoms with van der Waals surface area (Å²) in [4.78, 5) is 44.4. The van der Waals surface area contributed by atoms with Crippen LogP contribution in [0.2, 0.25) is 10.0 Å². The van der Waals surface area contributed by atoms with Crippen LogP contribution >= 0.6 is 34.5 Å². The Kier molecular flexibility index (Phi) is 7.15. The number of aryl methyl sites for hydroxylation is 1. The number of hydrogen-bond acceptors (Lipinski definition) is 7. The molecule has 4 rings (SSSR count). The molecule has 14 heteroatoms. The highest BCUT2D eigenvalue weighted by Gasteiger charge is 2.33. The van der Waals surface area contributed by atoms with Crippen molar-refractivity contribution in [3.63, 3.8) is 0 Å². The van der Waals surface area contributed by atoms with E-state index in [4.69, 9.17) is 23.2 Å². The van der Waals surface area contributed by atoms with Crippen LogP contribution in [0.1, 0.15) is 37.2 Å². The second kappa shape index (κ2) is 10.1. The summed E-state index contributed by atoms with van der Waals surface area (Å²) in [7, 11) is 0. The van der Waals surface area contributed by atoms with Crippen LogP contribution in [0.4, 0.5) is 18.9 Å². The number of carbonyl (C=O) groups is 2. The van der Waals surface area contributed by atoms with Gasteiger partial charge in [0.2, 0.25) is 0 Å². The molecule has 0 saturated heterocycles. The SMILES string of the molecule is O=C(Nc1ccc(Cl)c(C(F)(F)F)c1)c1cnc(CCC(=O)c2ncnc(-c3ncc[nH]3)c2Cl)s1. The van der Waals surface area contributed by atoms with E-state index < -0.39 is 22.7 Å². The Morgan fingerprint density at radius 1 is 1.11 bits per heavy atom. The first kappa shape index (κ1) is 24.8. The maximum Gasteiger partial charge on any atom is 0.417 e. The number of amides is 1. The van der Waals surface area contributed by atoms with Gasteiger partial charge in [-0.15, -0.1) is 11.3 Å². The van der Waals surface area contributed by atoms with Gasteiger partial charge in [0.25, 0.3) is 5.91 Å². The Bertz CT molecular complexity index is 1390. The van der Waals surface area contributed by atoms with E-state index in [1.54, 1.807) is 6.20 Å². The molecule has 0 bridgehead atoms. The number of rotatable bonds is 7. The summed E-state index contributed by atoms with van der Waals surface area (Å²) in [6, 6.07) is 3.07. The fourth-order valence-electron chi connectivity index (χ4n) is 3.01. The second-order valence-electron chi connectivity index (χ2n) is 7.01. The number of hydrogen-bond donors (Lipinski definition) is 2. The van der Waals surface area contributed by atoms with E-state index in [0.717, 1.165) is 23.5 Å². The highest BCUT2D eigenvalue weighted by Crippen LogP contribution is 2.36. The molecule has 1 aromatic carbocycles. The van der Waals surface area contributed by atoms with Crippen molar-refractivity contribution in [1.82, 2.24) is 24.9 Å². The maximum atomic E-state index is 13.0. The molecule has 8 nitrogen and oxygen atoms in total. The van der Waals surface area contributed by atoms with Crippen LogP contribution in [-0.2, 0) is 12.6 Å². The van der Waals surface area contributed by atoms with Crippen molar-refractivity contribution in [2.45, 2.75) is 19.0 Å².